The molecule has 3 aliphatic rings. The molecule has 1 unspecified atom stereocenters. The van der Waals surface area contributed by atoms with Crippen LogP contribution in [0.25, 0.3) is 0 Å². The summed E-state index contributed by atoms with van der Waals surface area (Å²) in [6, 6.07) is 0. The van der Waals surface area contributed by atoms with Crippen LogP contribution in [0.1, 0.15) is 19.8 Å². The molecule has 0 saturated carbocycles. The van der Waals surface area contributed by atoms with Crippen molar-refractivity contribution in [1.29, 1.82) is 0 Å². The summed E-state index contributed by atoms with van der Waals surface area (Å²) < 4.78 is 15.5. The molecule has 0 aromatic heterocycles. The van der Waals surface area contributed by atoms with Crippen molar-refractivity contribution in [3.8, 4) is 0 Å². The Morgan fingerprint density at radius 2 is 2.37 bits per heavy atom. The molecule has 0 radical (unpaired) electrons. The lowest BCUT2D eigenvalue weighted by Gasteiger charge is -2.26. The Balaban J connectivity index is 1.84. The fraction of sp³-hybridized carbons (Fsp3) is 0.429. The summed E-state index contributed by atoms with van der Waals surface area (Å²) in [5.41, 5.74) is 2.05. The first-order chi connectivity index (χ1) is 9.19. The third kappa shape index (κ3) is 2.05. The van der Waals surface area contributed by atoms with E-state index < -0.39 is 17.9 Å². The lowest BCUT2D eigenvalue weighted by Crippen LogP contribution is -2.32. The van der Waals surface area contributed by atoms with E-state index in [9.17, 15) is 9.59 Å². The molecule has 5 nitrogen and oxygen atoms in total. The molecule has 2 heterocycles. The number of ether oxygens (including phenoxy) is 3. The van der Waals surface area contributed by atoms with Gasteiger partial charge in [-0.2, -0.15) is 0 Å². The summed E-state index contributed by atoms with van der Waals surface area (Å²) in [4.78, 5) is 23.5. The van der Waals surface area contributed by atoms with Gasteiger partial charge in [0.2, 0.25) is 0 Å². The van der Waals surface area contributed by atoms with Crippen LogP contribution in [0.15, 0.2) is 34.8 Å². The van der Waals surface area contributed by atoms with Crippen LogP contribution in [0.4, 0.5) is 0 Å². The molecule has 5 heteroatoms. The molecular weight excluding hydrogens is 248 g/mol. The van der Waals surface area contributed by atoms with E-state index in [0.29, 0.717) is 25.2 Å². The van der Waals surface area contributed by atoms with Gasteiger partial charge in [-0.25, -0.2) is 0 Å². The third-order valence-electron chi connectivity index (χ3n) is 3.42. The number of fused-ring (bicyclic) bond motifs is 1. The molecule has 0 N–H and O–H groups in total. The highest BCUT2D eigenvalue weighted by atomic mass is 16.6. The standard InChI is InChI=1S/C14H14O5/c1-2-17-13(15)10-6-9-5-8-3-4-18-11(8)7-12(9)19-14(10)16/h3,7,10H,2,4-6H2,1H3. The lowest BCUT2D eigenvalue weighted by atomic mass is 9.88. The largest absolute Gasteiger partial charge is 0.489 e. The first kappa shape index (κ1) is 12.0. The van der Waals surface area contributed by atoms with Crippen molar-refractivity contribution in [2.45, 2.75) is 19.8 Å². The Bertz CT molecular complexity index is 538. The molecule has 1 atom stereocenters. The van der Waals surface area contributed by atoms with E-state index in [0.717, 1.165) is 16.9 Å². The number of allylic oxidation sites excluding steroid dienone is 3. The monoisotopic (exact) mass is 262 g/mol. The van der Waals surface area contributed by atoms with Crippen LogP contribution in [0.3, 0.4) is 0 Å². The topological polar surface area (TPSA) is 61.8 Å². The van der Waals surface area contributed by atoms with Crippen LogP contribution >= 0.6 is 0 Å². The molecule has 0 amide bonds. The van der Waals surface area contributed by atoms with E-state index >= 15 is 0 Å². The predicted octanol–water partition coefficient (Wildman–Crippen LogP) is 1.61. The maximum atomic E-state index is 11.8. The Hall–Kier alpha value is -2.04. The van der Waals surface area contributed by atoms with Gasteiger partial charge < -0.3 is 14.2 Å². The van der Waals surface area contributed by atoms with Crippen molar-refractivity contribution < 1.29 is 23.8 Å². The number of esters is 2. The minimum absolute atomic E-state index is 0.261. The van der Waals surface area contributed by atoms with E-state index in [4.69, 9.17) is 14.2 Å². The van der Waals surface area contributed by atoms with E-state index in [1.165, 1.54) is 0 Å². The summed E-state index contributed by atoms with van der Waals surface area (Å²) in [5.74, 6) is -0.595. The van der Waals surface area contributed by atoms with Crippen LogP contribution in [0, 0.1) is 5.92 Å². The van der Waals surface area contributed by atoms with Crippen molar-refractivity contribution in [2.24, 2.45) is 5.92 Å². The quantitative estimate of drug-likeness (QED) is 0.559. The molecule has 19 heavy (non-hydrogen) atoms. The molecule has 2 aliphatic heterocycles. The van der Waals surface area contributed by atoms with Crippen molar-refractivity contribution >= 4 is 11.9 Å². The van der Waals surface area contributed by atoms with E-state index in [1.807, 2.05) is 6.08 Å². The summed E-state index contributed by atoms with van der Waals surface area (Å²) in [6.45, 7) is 2.53. The number of carbonyl (C=O) groups is 2. The van der Waals surface area contributed by atoms with Gasteiger partial charge in [0.25, 0.3) is 0 Å². The lowest BCUT2D eigenvalue weighted by molar-refractivity contribution is -0.160. The minimum Gasteiger partial charge on any atom is -0.489 e. The smallest absolute Gasteiger partial charge is 0.326 e. The number of hydrogen-bond acceptors (Lipinski definition) is 5. The summed E-state index contributed by atoms with van der Waals surface area (Å²) in [6.07, 6.45) is 4.78. The highest BCUT2D eigenvalue weighted by Crippen LogP contribution is 2.39. The molecule has 0 fully saturated rings. The van der Waals surface area contributed by atoms with Crippen LogP contribution in [-0.2, 0) is 23.8 Å². The van der Waals surface area contributed by atoms with Gasteiger partial charge in [0.15, 0.2) is 5.92 Å². The molecule has 0 spiro atoms. The molecular formula is C14H14O5. The van der Waals surface area contributed by atoms with Gasteiger partial charge in [0.1, 0.15) is 18.1 Å². The SMILES string of the molecule is CCOC(=O)C1CC2=C(C=C3OCC=C3C2)OC1=O. The van der Waals surface area contributed by atoms with Crippen molar-refractivity contribution in [3.05, 3.63) is 34.8 Å². The number of carbonyl (C=O) groups excluding carboxylic acids is 2. The Morgan fingerprint density at radius 3 is 3.16 bits per heavy atom. The normalized spacial score (nSPS) is 24.7. The van der Waals surface area contributed by atoms with Crippen molar-refractivity contribution in [1.82, 2.24) is 0 Å². The first-order valence-corrected chi connectivity index (χ1v) is 6.33. The van der Waals surface area contributed by atoms with Crippen molar-refractivity contribution in [3.63, 3.8) is 0 Å². The summed E-state index contributed by atoms with van der Waals surface area (Å²) >= 11 is 0. The molecule has 3 rings (SSSR count). The zero-order chi connectivity index (χ0) is 13.4. The second-order valence-corrected chi connectivity index (χ2v) is 4.62. The Morgan fingerprint density at radius 1 is 1.53 bits per heavy atom. The maximum Gasteiger partial charge on any atom is 0.326 e. The summed E-state index contributed by atoms with van der Waals surface area (Å²) in [7, 11) is 0. The highest BCUT2D eigenvalue weighted by Gasteiger charge is 2.38. The van der Waals surface area contributed by atoms with Gasteiger partial charge in [-0.1, -0.05) is 0 Å². The first-order valence-electron chi connectivity index (χ1n) is 6.33. The fourth-order valence-electron chi connectivity index (χ4n) is 2.46. The van der Waals surface area contributed by atoms with E-state index in [2.05, 4.69) is 0 Å². The molecule has 0 bridgehead atoms. The number of rotatable bonds is 2. The molecule has 1 aliphatic carbocycles. The molecule has 100 valence electrons. The predicted molar refractivity (Wildman–Crippen MR) is 64.6 cm³/mol. The fourth-order valence-corrected chi connectivity index (χ4v) is 2.46. The second-order valence-electron chi connectivity index (χ2n) is 4.62. The van der Waals surface area contributed by atoms with E-state index in [1.54, 1.807) is 13.0 Å². The third-order valence-corrected chi connectivity index (χ3v) is 3.42. The average molecular weight is 262 g/mol. The highest BCUT2D eigenvalue weighted by molar-refractivity contribution is 5.96. The van der Waals surface area contributed by atoms with Crippen LogP contribution < -0.4 is 0 Å². The van der Waals surface area contributed by atoms with Crippen LogP contribution in [-0.4, -0.2) is 25.2 Å². The average Bonchev–Trinajstić information content (AvgIpc) is 2.82. The van der Waals surface area contributed by atoms with Crippen LogP contribution in [0.2, 0.25) is 0 Å². The van der Waals surface area contributed by atoms with Gasteiger partial charge in [0, 0.05) is 12.5 Å². The van der Waals surface area contributed by atoms with Crippen molar-refractivity contribution in [2.75, 3.05) is 13.2 Å². The van der Waals surface area contributed by atoms with Crippen LogP contribution in [0.5, 0.6) is 0 Å². The van der Waals surface area contributed by atoms with Gasteiger partial charge >= 0.3 is 11.9 Å². The molecule has 0 aromatic rings. The zero-order valence-electron chi connectivity index (χ0n) is 10.6. The second kappa shape index (κ2) is 4.57. The Kier molecular flexibility index (Phi) is 2.89. The molecule has 0 aromatic carbocycles. The maximum absolute atomic E-state index is 11.8. The number of hydrogen-bond donors (Lipinski definition) is 0. The summed E-state index contributed by atoms with van der Waals surface area (Å²) in [5, 5.41) is 0. The molecule has 0 saturated heterocycles. The Labute approximate surface area is 110 Å². The van der Waals surface area contributed by atoms with Gasteiger partial charge in [-0.15, -0.1) is 0 Å². The van der Waals surface area contributed by atoms with Gasteiger partial charge in [-0.3, -0.25) is 9.59 Å². The van der Waals surface area contributed by atoms with Gasteiger partial charge in [0.05, 0.1) is 6.61 Å². The van der Waals surface area contributed by atoms with E-state index in [-0.39, 0.29) is 6.61 Å². The van der Waals surface area contributed by atoms with Gasteiger partial charge in [-0.05, 0) is 30.6 Å². The minimum atomic E-state index is -0.837. The zero-order valence-corrected chi connectivity index (χ0v) is 10.6.